The molecule has 2 aromatic rings. The van der Waals surface area contributed by atoms with Crippen LogP contribution in [0.15, 0.2) is 48.5 Å². The van der Waals surface area contributed by atoms with Crippen LogP contribution in [-0.2, 0) is 57.7 Å². The van der Waals surface area contributed by atoms with Crippen molar-refractivity contribution in [2.45, 2.75) is 130 Å². The monoisotopic (exact) mass is 828 g/mol. The zero-order valence-electron chi connectivity index (χ0n) is 35.3. The SMILES string of the molecule is CCc1ccc(CNC(=O)C(CCCCN2C(=O)CC(C)C2=O)NC(=O)CCCC(=O)NC(CCCCN2C(=O)CC(C)C2=O)C(=O)NC(=O)c2ccc(CC)cc2)cc1. The van der Waals surface area contributed by atoms with Crippen LogP contribution in [0.3, 0.4) is 0 Å². The number of rotatable bonds is 23. The van der Waals surface area contributed by atoms with Crippen molar-refractivity contribution in [3.63, 3.8) is 0 Å². The highest BCUT2D eigenvalue weighted by Gasteiger charge is 2.36. The molecule has 2 aromatic carbocycles. The molecule has 324 valence electrons. The number of carbonyl (C=O) groups is 9. The van der Waals surface area contributed by atoms with E-state index in [2.05, 4.69) is 28.2 Å². The Morgan fingerprint density at radius 3 is 1.47 bits per heavy atom. The second-order valence-electron chi connectivity index (χ2n) is 15.8. The molecule has 15 heteroatoms. The average Bonchev–Trinajstić information content (AvgIpc) is 3.63. The molecule has 9 amide bonds. The fourth-order valence-electron chi connectivity index (χ4n) is 7.25. The number of hydrogen-bond donors (Lipinski definition) is 4. The Bertz CT molecular complexity index is 1880. The third kappa shape index (κ3) is 13.9. The van der Waals surface area contributed by atoms with E-state index in [9.17, 15) is 43.2 Å². The normalized spacial score (nSPS) is 17.4. The van der Waals surface area contributed by atoms with Crippen molar-refractivity contribution in [2.75, 3.05) is 13.1 Å². The Balaban J connectivity index is 1.31. The lowest BCUT2D eigenvalue weighted by Gasteiger charge is -2.20. The molecule has 4 atom stereocenters. The molecule has 4 unspecified atom stereocenters. The van der Waals surface area contributed by atoms with E-state index in [1.807, 2.05) is 31.2 Å². The zero-order chi connectivity index (χ0) is 43.8. The molecule has 2 saturated heterocycles. The van der Waals surface area contributed by atoms with Crippen LogP contribution in [-0.4, -0.2) is 88.1 Å². The van der Waals surface area contributed by atoms with Gasteiger partial charge in [-0.3, -0.25) is 58.3 Å². The predicted molar refractivity (Wildman–Crippen MR) is 222 cm³/mol. The van der Waals surface area contributed by atoms with Crippen molar-refractivity contribution in [1.29, 1.82) is 0 Å². The van der Waals surface area contributed by atoms with Crippen molar-refractivity contribution < 1.29 is 43.2 Å². The van der Waals surface area contributed by atoms with E-state index < -0.39 is 35.7 Å². The van der Waals surface area contributed by atoms with Crippen LogP contribution >= 0.6 is 0 Å². The van der Waals surface area contributed by atoms with Crippen LogP contribution in [0.2, 0.25) is 0 Å². The smallest absolute Gasteiger partial charge is 0.257 e. The molecule has 0 bridgehead atoms. The summed E-state index contributed by atoms with van der Waals surface area (Å²) in [7, 11) is 0. The van der Waals surface area contributed by atoms with Gasteiger partial charge in [0.1, 0.15) is 12.1 Å². The second-order valence-corrected chi connectivity index (χ2v) is 15.8. The maximum Gasteiger partial charge on any atom is 0.257 e. The summed E-state index contributed by atoms with van der Waals surface area (Å²) in [6, 6.07) is 12.6. The first-order valence-corrected chi connectivity index (χ1v) is 21.3. The number of unbranched alkanes of at least 4 members (excludes halogenated alkanes) is 2. The number of nitrogens with zero attached hydrogens (tertiary/aromatic N) is 2. The molecule has 2 aliphatic heterocycles. The molecule has 4 N–H and O–H groups in total. The summed E-state index contributed by atoms with van der Waals surface area (Å²) in [4.78, 5) is 118. The Hall–Kier alpha value is -5.73. The number of benzene rings is 2. The Labute approximate surface area is 352 Å². The lowest BCUT2D eigenvalue weighted by atomic mass is 10.1. The van der Waals surface area contributed by atoms with Crippen molar-refractivity contribution in [1.82, 2.24) is 31.1 Å². The third-order valence-corrected chi connectivity index (χ3v) is 11.1. The van der Waals surface area contributed by atoms with E-state index >= 15 is 0 Å². The van der Waals surface area contributed by atoms with Crippen molar-refractivity contribution in [2.24, 2.45) is 11.8 Å². The predicted octanol–water partition coefficient (Wildman–Crippen LogP) is 3.65. The van der Waals surface area contributed by atoms with Gasteiger partial charge in [-0.15, -0.1) is 0 Å². The summed E-state index contributed by atoms with van der Waals surface area (Å²) in [5.41, 5.74) is 3.36. The number of carbonyl (C=O) groups excluding carboxylic acids is 9. The average molecular weight is 829 g/mol. The molecule has 15 nitrogen and oxygen atoms in total. The summed E-state index contributed by atoms with van der Waals surface area (Å²) in [6.07, 6.45) is 3.95. The van der Waals surface area contributed by atoms with Crippen LogP contribution in [0.4, 0.5) is 0 Å². The summed E-state index contributed by atoms with van der Waals surface area (Å²) < 4.78 is 0. The van der Waals surface area contributed by atoms with Gasteiger partial charge < -0.3 is 16.0 Å². The maximum atomic E-state index is 13.4. The number of imide groups is 3. The molecule has 0 spiro atoms. The maximum absolute atomic E-state index is 13.4. The number of hydrogen-bond acceptors (Lipinski definition) is 9. The summed E-state index contributed by atoms with van der Waals surface area (Å²) in [6.45, 7) is 8.12. The van der Waals surface area contributed by atoms with Gasteiger partial charge in [0.25, 0.3) is 5.91 Å². The van der Waals surface area contributed by atoms with Gasteiger partial charge in [-0.05, 0) is 86.6 Å². The van der Waals surface area contributed by atoms with Crippen molar-refractivity contribution >= 4 is 53.2 Å². The Morgan fingerprint density at radius 2 is 1.03 bits per heavy atom. The van der Waals surface area contributed by atoms with E-state index in [1.54, 1.807) is 38.1 Å². The van der Waals surface area contributed by atoms with Gasteiger partial charge in [-0.25, -0.2) is 0 Å². The molecule has 4 rings (SSSR count). The molecule has 0 saturated carbocycles. The van der Waals surface area contributed by atoms with Crippen LogP contribution in [0.5, 0.6) is 0 Å². The number of likely N-dealkylation sites (tertiary alicyclic amines) is 2. The highest BCUT2D eigenvalue weighted by molar-refractivity contribution is 6.07. The van der Waals surface area contributed by atoms with Crippen molar-refractivity contribution in [3.05, 3.63) is 70.8 Å². The standard InChI is InChI=1S/C45H60N6O9/c1-5-31-16-18-33(19-17-31)28-46-42(57)35(12-7-9-24-50-39(54)26-29(3)44(50)59)47-37(52)14-11-15-38(53)48-36(13-8-10-25-51-40(55)27-30(4)45(51)60)43(58)49-41(56)34-22-20-32(6-2)21-23-34/h16-23,29-30,35-36H,5-15,24-28H2,1-4H3,(H,46,57)(H,47,52)(H,48,53)(H,49,56,58). The van der Waals surface area contributed by atoms with E-state index in [0.717, 1.165) is 29.5 Å². The molecular weight excluding hydrogens is 769 g/mol. The first-order valence-electron chi connectivity index (χ1n) is 21.3. The molecule has 0 aliphatic carbocycles. The molecule has 0 radical (unpaired) electrons. The minimum absolute atomic E-state index is 0.0935. The van der Waals surface area contributed by atoms with E-state index in [0.29, 0.717) is 25.7 Å². The molecular formula is C45H60N6O9. The van der Waals surface area contributed by atoms with Crippen LogP contribution in [0.1, 0.15) is 125 Å². The molecule has 2 fully saturated rings. The van der Waals surface area contributed by atoms with Gasteiger partial charge in [-0.2, -0.15) is 0 Å². The molecule has 2 heterocycles. The lowest BCUT2D eigenvalue weighted by Crippen LogP contribution is -2.48. The van der Waals surface area contributed by atoms with Gasteiger partial charge >= 0.3 is 0 Å². The highest BCUT2D eigenvalue weighted by atomic mass is 16.2. The number of aryl methyl sites for hydroxylation is 2. The largest absolute Gasteiger partial charge is 0.350 e. The Kier molecular flexibility index (Phi) is 18.1. The third-order valence-electron chi connectivity index (χ3n) is 11.1. The highest BCUT2D eigenvalue weighted by Crippen LogP contribution is 2.21. The van der Waals surface area contributed by atoms with Gasteiger partial charge in [0.15, 0.2) is 0 Å². The topological polar surface area (TPSA) is 208 Å². The lowest BCUT2D eigenvalue weighted by molar-refractivity contribution is -0.140. The fourth-order valence-corrected chi connectivity index (χ4v) is 7.25. The van der Waals surface area contributed by atoms with Gasteiger partial charge in [0.05, 0.1) is 0 Å². The van der Waals surface area contributed by atoms with Crippen LogP contribution in [0.25, 0.3) is 0 Å². The van der Waals surface area contributed by atoms with E-state index in [4.69, 9.17) is 0 Å². The van der Waals surface area contributed by atoms with Crippen LogP contribution in [0, 0.1) is 11.8 Å². The summed E-state index contributed by atoms with van der Waals surface area (Å²) in [5, 5.41) is 10.7. The second kappa shape index (κ2) is 23.2. The quantitative estimate of drug-likeness (QED) is 0.0951. The molecule has 60 heavy (non-hydrogen) atoms. The summed E-state index contributed by atoms with van der Waals surface area (Å²) >= 11 is 0. The van der Waals surface area contributed by atoms with Gasteiger partial charge in [0, 0.05) is 62.7 Å². The first-order chi connectivity index (χ1) is 28.7. The Morgan fingerprint density at radius 1 is 0.600 bits per heavy atom. The minimum atomic E-state index is -1.10. The van der Waals surface area contributed by atoms with Gasteiger partial charge in [0.2, 0.25) is 47.3 Å². The van der Waals surface area contributed by atoms with E-state index in [-0.39, 0.29) is 112 Å². The first kappa shape index (κ1) is 47.0. The van der Waals surface area contributed by atoms with Crippen LogP contribution < -0.4 is 21.3 Å². The number of nitrogens with one attached hydrogen (secondary N) is 4. The minimum Gasteiger partial charge on any atom is -0.350 e. The van der Waals surface area contributed by atoms with Crippen molar-refractivity contribution in [3.8, 4) is 0 Å². The molecule has 0 aromatic heterocycles. The molecule has 2 aliphatic rings. The fraction of sp³-hybridized carbons (Fsp3) is 0.533. The van der Waals surface area contributed by atoms with E-state index in [1.165, 1.54) is 9.80 Å². The number of amides is 9. The zero-order valence-corrected chi connectivity index (χ0v) is 35.3. The summed E-state index contributed by atoms with van der Waals surface area (Å²) in [5.74, 6) is -4.33. The van der Waals surface area contributed by atoms with Gasteiger partial charge in [-0.1, -0.05) is 64.1 Å².